The van der Waals surface area contributed by atoms with E-state index in [2.05, 4.69) is 9.97 Å². The summed E-state index contributed by atoms with van der Waals surface area (Å²) in [5.41, 5.74) is 1.04. The van der Waals surface area contributed by atoms with Crippen LogP contribution in [-0.4, -0.2) is 27.7 Å². The number of hydrogen-bond acceptors (Lipinski definition) is 4. The second-order valence-corrected chi connectivity index (χ2v) is 5.42. The van der Waals surface area contributed by atoms with E-state index in [0.29, 0.717) is 24.1 Å². The largest absolute Gasteiger partial charge is 0.391 e. The molecule has 0 radical (unpaired) electrons. The minimum atomic E-state index is -0.604. The Labute approximate surface area is 127 Å². The lowest BCUT2D eigenvalue weighted by Gasteiger charge is -2.26. The van der Waals surface area contributed by atoms with E-state index in [1.165, 1.54) is 18.5 Å². The highest BCUT2D eigenvalue weighted by Gasteiger charge is 2.35. The van der Waals surface area contributed by atoms with Gasteiger partial charge in [0, 0.05) is 6.54 Å². The van der Waals surface area contributed by atoms with Gasteiger partial charge in [0.1, 0.15) is 12.1 Å². The van der Waals surface area contributed by atoms with Gasteiger partial charge in [0.2, 0.25) is 0 Å². The van der Waals surface area contributed by atoms with Crippen LogP contribution in [0.5, 0.6) is 0 Å². The summed E-state index contributed by atoms with van der Waals surface area (Å²) in [7, 11) is 0. The van der Waals surface area contributed by atoms with Gasteiger partial charge in [-0.15, -0.1) is 0 Å². The van der Waals surface area contributed by atoms with E-state index in [1.807, 2.05) is 6.92 Å². The topological polar surface area (TPSA) is 49.2 Å². The van der Waals surface area contributed by atoms with E-state index in [0.717, 1.165) is 0 Å². The summed E-state index contributed by atoms with van der Waals surface area (Å²) < 4.78 is 28.0. The van der Waals surface area contributed by atoms with Crippen LogP contribution in [0.25, 0.3) is 0 Å². The van der Waals surface area contributed by atoms with E-state index in [4.69, 9.17) is 0 Å². The monoisotopic (exact) mass is 305 g/mol. The highest BCUT2D eigenvalue weighted by molar-refractivity contribution is 5.46. The fourth-order valence-corrected chi connectivity index (χ4v) is 2.92. The van der Waals surface area contributed by atoms with Crippen molar-refractivity contribution in [3.8, 4) is 0 Å². The molecule has 0 bridgehead atoms. The smallest absolute Gasteiger partial charge is 0.187 e. The number of benzene rings is 1. The first-order chi connectivity index (χ1) is 10.6. The van der Waals surface area contributed by atoms with Crippen LogP contribution in [0, 0.1) is 11.6 Å². The van der Waals surface area contributed by atoms with Gasteiger partial charge in [-0.25, -0.2) is 18.7 Å². The molecular formula is C16H17F2N3O. The van der Waals surface area contributed by atoms with Gasteiger partial charge >= 0.3 is 0 Å². The maximum Gasteiger partial charge on any atom is 0.187 e. The second-order valence-electron chi connectivity index (χ2n) is 5.42. The van der Waals surface area contributed by atoms with E-state index >= 15 is 0 Å². The number of aliphatic hydroxyl groups is 1. The maximum absolute atomic E-state index is 14.5. The number of anilines is 1. The fourth-order valence-electron chi connectivity index (χ4n) is 2.92. The highest BCUT2D eigenvalue weighted by Crippen LogP contribution is 2.36. The molecule has 0 spiro atoms. The molecule has 0 unspecified atom stereocenters. The first-order valence-electron chi connectivity index (χ1n) is 7.29. The van der Waals surface area contributed by atoms with Crippen molar-refractivity contribution in [2.45, 2.75) is 31.9 Å². The molecule has 4 nitrogen and oxygen atoms in total. The van der Waals surface area contributed by atoms with Gasteiger partial charge in [-0.3, -0.25) is 0 Å². The van der Waals surface area contributed by atoms with Gasteiger partial charge in [0.05, 0.1) is 17.8 Å². The predicted molar refractivity (Wildman–Crippen MR) is 78.5 cm³/mol. The zero-order chi connectivity index (χ0) is 15.7. The summed E-state index contributed by atoms with van der Waals surface area (Å²) in [6, 6.07) is 5.86. The maximum atomic E-state index is 14.5. The third kappa shape index (κ3) is 2.66. The van der Waals surface area contributed by atoms with Crippen LogP contribution < -0.4 is 4.90 Å². The zero-order valence-corrected chi connectivity index (χ0v) is 12.2. The lowest BCUT2D eigenvalue weighted by molar-refractivity contribution is 0.194. The standard InChI is InChI=1S/C16H17F2N3O/c1-2-13-15(18)16(20-9-19-13)21-8-12(22)7-14(21)10-4-3-5-11(17)6-10/h3-6,9,12,14,22H,2,7-8H2,1H3/t12-,14+/m1/s1. The minimum Gasteiger partial charge on any atom is -0.391 e. The lowest BCUT2D eigenvalue weighted by Crippen LogP contribution is -2.27. The summed E-state index contributed by atoms with van der Waals surface area (Å²) in [5, 5.41) is 9.98. The average molecular weight is 305 g/mol. The predicted octanol–water partition coefficient (Wildman–Crippen LogP) is 2.63. The third-order valence-corrected chi connectivity index (χ3v) is 3.96. The number of aliphatic hydroxyl groups excluding tert-OH is 1. The van der Waals surface area contributed by atoms with Crippen molar-refractivity contribution >= 4 is 5.82 Å². The van der Waals surface area contributed by atoms with Crippen LogP contribution in [0.1, 0.15) is 30.6 Å². The Morgan fingerprint density at radius 1 is 1.32 bits per heavy atom. The van der Waals surface area contributed by atoms with Gasteiger partial charge in [0.25, 0.3) is 0 Å². The molecular weight excluding hydrogens is 288 g/mol. The second kappa shape index (κ2) is 5.96. The van der Waals surface area contributed by atoms with E-state index in [-0.39, 0.29) is 24.2 Å². The molecule has 0 amide bonds. The van der Waals surface area contributed by atoms with Crippen molar-refractivity contribution in [2.75, 3.05) is 11.4 Å². The van der Waals surface area contributed by atoms with Crippen molar-refractivity contribution in [2.24, 2.45) is 0 Å². The molecule has 1 aliphatic heterocycles. The molecule has 1 aromatic carbocycles. The van der Waals surface area contributed by atoms with Gasteiger partial charge in [-0.1, -0.05) is 19.1 Å². The minimum absolute atomic E-state index is 0.165. The van der Waals surface area contributed by atoms with E-state index in [9.17, 15) is 13.9 Å². The quantitative estimate of drug-likeness (QED) is 0.947. The number of halogens is 2. The molecule has 3 rings (SSSR count). The van der Waals surface area contributed by atoms with Crippen molar-refractivity contribution < 1.29 is 13.9 Å². The number of aryl methyl sites for hydroxylation is 1. The molecule has 1 saturated heterocycles. The summed E-state index contributed by atoms with van der Waals surface area (Å²) in [5.74, 6) is -0.658. The van der Waals surface area contributed by atoms with Gasteiger partial charge in [0.15, 0.2) is 11.6 Å². The molecule has 116 valence electrons. The molecule has 22 heavy (non-hydrogen) atoms. The van der Waals surface area contributed by atoms with Crippen LogP contribution >= 0.6 is 0 Å². The number of nitrogens with zero attached hydrogens (tertiary/aromatic N) is 3. The molecule has 6 heteroatoms. The SMILES string of the molecule is CCc1ncnc(N2C[C@H](O)C[C@H]2c2cccc(F)c2)c1F. The summed E-state index contributed by atoms with van der Waals surface area (Å²) in [4.78, 5) is 9.65. The number of aromatic nitrogens is 2. The number of hydrogen-bond donors (Lipinski definition) is 1. The van der Waals surface area contributed by atoms with Crippen molar-refractivity contribution in [3.63, 3.8) is 0 Å². The Kier molecular flexibility index (Phi) is 4.02. The van der Waals surface area contributed by atoms with Gasteiger partial charge in [-0.05, 0) is 30.5 Å². The molecule has 1 aromatic heterocycles. The van der Waals surface area contributed by atoms with Crippen LogP contribution in [0.4, 0.5) is 14.6 Å². The van der Waals surface area contributed by atoms with E-state index < -0.39 is 11.9 Å². The molecule has 0 aliphatic carbocycles. The molecule has 1 aliphatic rings. The Balaban J connectivity index is 2.01. The fraction of sp³-hybridized carbons (Fsp3) is 0.375. The summed E-state index contributed by atoms with van der Waals surface area (Å²) in [6.07, 6.45) is 1.59. The van der Waals surface area contributed by atoms with Gasteiger partial charge in [-0.2, -0.15) is 0 Å². The molecule has 2 atom stereocenters. The highest BCUT2D eigenvalue weighted by atomic mass is 19.1. The van der Waals surface area contributed by atoms with Gasteiger partial charge < -0.3 is 10.0 Å². The third-order valence-electron chi connectivity index (χ3n) is 3.96. The first-order valence-corrected chi connectivity index (χ1v) is 7.29. The van der Waals surface area contributed by atoms with Crippen molar-refractivity contribution in [1.82, 2.24) is 9.97 Å². The zero-order valence-electron chi connectivity index (χ0n) is 12.2. The Morgan fingerprint density at radius 3 is 2.86 bits per heavy atom. The number of rotatable bonds is 3. The number of β-amino-alcohol motifs (C(OH)–C–C–N with tert-alkyl or cyclic N) is 1. The molecule has 2 heterocycles. The van der Waals surface area contributed by atoms with Crippen LogP contribution in [-0.2, 0) is 6.42 Å². The van der Waals surface area contributed by atoms with Crippen molar-refractivity contribution in [1.29, 1.82) is 0 Å². The lowest BCUT2D eigenvalue weighted by atomic mass is 10.0. The van der Waals surface area contributed by atoms with E-state index in [1.54, 1.807) is 17.0 Å². The Hall–Kier alpha value is -2.08. The van der Waals surface area contributed by atoms with Crippen LogP contribution in [0.3, 0.4) is 0 Å². The Morgan fingerprint density at radius 2 is 2.14 bits per heavy atom. The Bertz CT molecular complexity index is 680. The normalized spacial score (nSPS) is 21.4. The molecule has 0 saturated carbocycles. The molecule has 2 aromatic rings. The molecule has 1 fully saturated rings. The summed E-state index contributed by atoms with van der Waals surface area (Å²) in [6.45, 7) is 2.08. The molecule has 1 N–H and O–H groups in total. The van der Waals surface area contributed by atoms with Crippen LogP contribution in [0.2, 0.25) is 0 Å². The van der Waals surface area contributed by atoms with Crippen molar-refractivity contribution in [3.05, 3.63) is 53.5 Å². The first kappa shape index (κ1) is 14.8. The summed E-state index contributed by atoms with van der Waals surface area (Å²) >= 11 is 0. The average Bonchev–Trinajstić information content (AvgIpc) is 2.89. The van der Waals surface area contributed by atoms with Crippen LogP contribution in [0.15, 0.2) is 30.6 Å².